The molecule has 1 saturated heterocycles. The zero-order valence-corrected chi connectivity index (χ0v) is 19.9. The van der Waals surface area contributed by atoms with Gasteiger partial charge < -0.3 is 24.7 Å². The number of rotatable bonds is 7. The molecule has 5 rings (SSSR count). The molecule has 1 aliphatic rings. The highest BCUT2D eigenvalue weighted by atomic mass is 35.5. The maximum absolute atomic E-state index is 12.8. The molecule has 4 aromatic rings. The minimum absolute atomic E-state index is 0. The lowest BCUT2D eigenvalue weighted by molar-refractivity contribution is 0.101. The zero-order chi connectivity index (χ0) is 21.9. The van der Waals surface area contributed by atoms with Crippen molar-refractivity contribution in [1.29, 1.82) is 0 Å². The number of aromatic nitrogens is 1. The number of nitrogens with one attached hydrogen (secondary N) is 2. The topological polar surface area (TPSA) is 64.5 Å². The fourth-order valence-electron chi connectivity index (χ4n) is 3.90. The number of anilines is 1. The van der Waals surface area contributed by atoms with Crippen molar-refractivity contribution in [3.05, 3.63) is 77.3 Å². The Morgan fingerprint density at radius 3 is 2.73 bits per heavy atom. The predicted octanol–water partition coefficient (Wildman–Crippen LogP) is 5.23. The van der Waals surface area contributed by atoms with E-state index in [9.17, 15) is 4.79 Å². The molecule has 172 valence electrons. The van der Waals surface area contributed by atoms with Crippen LogP contribution in [-0.2, 0) is 13.7 Å². The smallest absolute Gasteiger partial charge is 0.272 e. The van der Waals surface area contributed by atoms with Crippen LogP contribution in [-0.4, -0.2) is 29.7 Å². The zero-order valence-electron chi connectivity index (χ0n) is 18.2. The van der Waals surface area contributed by atoms with Gasteiger partial charge in [-0.2, -0.15) is 0 Å². The van der Waals surface area contributed by atoms with Gasteiger partial charge in [0.1, 0.15) is 29.9 Å². The highest BCUT2D eigenvalue weighted by Gasteiger charge is 2.16. The second-order valence-electron chi connectivity index (χ2n) is 7.91. The van der Waals surface area contributed by atoms with E-state index in [4.69, 9.17) is 9.47 Å². The van der Waals surface area contributed by atoms with Crippen molar-refractivity contribution in [1.82, 2.24) is 9.88 Å². The largest absolute Gasteiger partial charge is 0.489 e. The van der Waals surface area contributed by atoms with Crippen LogP contribution >= 0.6 is 23.7 Å². The second kappa shape index (κ2) is 10.3. The van der Waals surface area contributed by atoms with E-state index >= 15 is 0 Å². The molecule has 8 heteroatoms. The second-order valence-corrected chi connectivity index (χ2v) is 8.85. The lowest BCUT2D eigenvalue weighted by Gasteiger charge is -2.13. The SMILES string of the molecule is Cl.Cn1c(C(=O)Nc2cccc(COc3ccc(OC4CCNC4)cc3)c2)cc2sccc21. The molecular formula is C25H26ClN3O3S. The Hall–Kier alpha value is -3.00. The summed E-state index contributed by atoms with van der Waals surface area (Å²) in [6.07, 6.45) is 1.28. The van der Waals surface area contributed by atoms with Gasteiger partial charge >= 0.3 is 0 Å². The van der Waals surface area contributed by atoms with Crippen LogP contribution in [0.5, 0.6) is 11.5 Å². The van der Waals surface area contributed by atoms with E-state index in [1.54, 1.807) is 11.3 Å². The van der Waals surface area contributed by atoms with E-state index in [1.807, 2.05) is 77.7 Å². The van der Waals surface area contributed by atoms with Crippen LogP contribution in [0.3, 0.4) is 0 Å². The molecule has 1 aliphatic heterocycles. The van der Waals surface area contributed by atoms with E-state index in [1.165, 1.54) is 0 Å². The molecule has 0 saturated carbocycles. The fourth-order valence-corrected chi connectivity index (χ4v) is 4.75. The molecule has 0 bridgehead atoms. The Balaban J connectivity index is 0.00000259. The van der Waals surface area contributed by atoms with Crippen LogP contribution in [0.25, 0.3) is 10.2 Å². The molecule has 0 aliphatic carbocycles. The number of carbonyl (C=O) groups is 1. The molecule has 2 aromatic carbocycles. The summed E-state index contributed by atoms with van der Waals surface area (Å²) in [7, 11) is 1.91. The summed E-state index contributed by atoms with van der Waals surface area (Å²) in [5.74, 6) is 1.51. The van der Waals surface area contributed by atoms with Crippen molar-refractivity contribution in [2.75, 3.05) is 18.4 Å². The summed E-state index contributed by atoms with van der Waals surface area (Å²) in [5, 5.41) is 8.33. The van der Waals surface area contributed by atoms with Crippen molar-refractivity contribution < 1.29 is 14.3 Å². The van der Waals surface area contributed by atoms with Crippen molar-refractivity contribution in [2.24, 2.45) is 7.05 Å². The number of nitrogens with zero attached hydrogens (tertiary/aromatic N) is 1. The summed E-state index contributed by atoms with van der Waals surface area (Å²) in [6.45, 7) is 2.32. The first kappa shape index (κ1) is 23.2. The third-order valence-corrected chi connectivity index (χ3v) is 6.48. The molecule has 2 N–H and O–H groups in total. The Bertz CT molecular complexity index is 1230. The molecule has 3 heterocycles. The summed E-state index contributed by atoms with van der Waals surface area (Å²) >= 11 is 1.63. The molecule has 1 unspecified atom stereocenters. The van der Waals surface area contributed by atoms with Gasteiger partial charge in [-0.15, -0.1) is 23.7 Å². The number of amides is 1. The van der Waals surface area contributed by atoms with Gasteiger partial charge in [0.05, 0.1) is 10.2 Å². The van der Waals surface area contributed by atoms with Gasteiger partial charge in [-0.25, -0.2) is 0 Å². The Morgan fingerprint density at radius 1 is 1.15 bits per heavy atom. The first-order valence-electron chi connectivity index (χ1n) is 10.7. The van der Waals surface area contributed by atoms with E-state index < -0.39 is 0 Å². The molecular weight excluding hydrogens is 458 g/mol. The van der Waals surface area contributed by atoms with Crippen LogP contribution in [0, 0.1) is 0 Å². The van der Waals surface area contributed by atoms with Gasteiger partial charge in [-0.3, -0.25) is 4.79 Å². The number of fused-ring (bicyclic) bond motifs is 1. The highest BCUT2D eigenvalue weighted by Crippen LogP contribution is 2.25. The highest BCUT2D eigenvalue weighted by molar-refractivity contribution is 7.17. The fraction of sp³-hybridized carbons (Fsp3) is 0.240. The lowest BCUT2D eigenvalue weighted by Crippen LogP contribution is -2.19. The van der Waals surface area contributed by atoms with E-state index in [2.05, 4.69) is 10.6 Å². The number of benzene rings is 2. The first-order chi connectivity index (χ1) is 15.7. The number of aryl methyl sites for hydroxylation is 1. The van der Waals surface area contributed by atoms with Crippen LogP contribution in [0.4, 0.5) is 5.69 Å². The van der Waals surface area contributed by atoms with E-state index in [0.717, 1.165) is 52.5 Å². The summed E-state index contributed by atoms with van der Waals surface area (Å²) in [6, 6.07) is 19.4. The number of hydrogen-bond donors (Lipinski definition) is 2. The summed E-state index contributed by atoms with van der Waals surface area (Å²) in [4.78, 5) is 12.8. The number of halogens is 1. The number of ether oxygens (including phenoxy) is 2. The van der Waals surface area contributed by atoms with Crippen molar-refractivity contribution in [2.45, 2.75) is 19.1 Å². The Labute approximate surface area is 202 Å². The maximum atomic E-state index is 12.8. The van der Waals surface area contributed by atoms with Crippen molar-refractivity contribution in [3.63, 3.8) is 0 Å². The standard InChI is InChI=1S/C25H25N3O3S.ClH/c1-28-22-10-12-32-24(22)14-23(28)25(29)27-18-4-2-3-17(13-18)16-30-19-5-7-20(8-6-19)31-21-9-11-26-15-21;/h2-8,10,12-14,21,26H,9,11,15-16H2,1H3,(H,27,29);1H. The lowest BCUT2D eigenvalue weighted by atomic mass is 10.2. The maximum Gasteiger partial charge on any atom is 0.272 e. The van der Waals surface area contributed by atoms with Crippen LogP contribution in [0.1, 0.15) is 22.5 Å². The molecule has 1 fully saturated rings. The van der Waals surface area contributed by atoms with Gasteiger partial charge in [-0.1, -0.05) is 12.1 Å². The van der Waals surface area contributed by atoms with Gasteiger partial charge in [0, 0.05) is 19.3 Å². The van der Waals surface area contributed by atoms with Gasteiger partial charge in [-0.05, 0) is 72.4 Å². The number of hydrogen-bond acceptors (Lipinski definition) is 5. The van der Waals surface area contributed by atoms with E-state index in [-0.39, 0.29) is 24.4 Å². The first-order valence-corrected chi connectivity index (χ1v) is 11.6. The predicted molar refractivity (Wildman–Crippen MR) is 135 cm³/mol. The normalized spacial score (nSPS) is 15.2. The average Bonchev–Trinajstić information content (AvgIpc) is 3.54. The van der Waals surface area contributed by atoms with Gasteiger partial charge in [0.2, 0.25) is 0 Å². The van der Waals surface area contributed by atoms with Crippen LogP contribution < -0.4 is 20.1 Å². The Morgan fingerprint density at radius 2 is 1.97 bits per heavy atom. The number of thiophene rings is 1. The van der Waals surface area contributed by atoms with Gasteiger partial charge in [0.25, 0.3) is 5.91 Å². The molecule has 1 atom stereocenters. The van der Waals surface area contributed by atoms with E-state index in [0.29, 0.717) is 12.3 Å². The molecule has 33 heavy (non-hydrogen) atoms. The average molecular weight is 484 g/mol. The molecule has 0 radical (unpaired) electrons. The minimum atomic E-state index is -0.123. The summed E-state index contributed by atoms with van der Waals surface area (Å²) in [5.41, 5.74) is 3.44. The van der Waals surface area contributed by atoms with Crippen molar-refractivity contribution in [3.8, 4) is 11.5 Å². The number of carbonyl (C=O) groups excluding carboxylic acids is 1. The molecule has 0 spiro atoms. The van der Waals surface area contributed by atoms with Gasteiger partial charge in [0.15, 0.2) is 0 Å². The monoisotopic (exact) mass is 483 g/mol. The third kappa shape index (κ3) is 5.33. The molecule has 6 nitrogen and oxygen atoms in total. The van der Waals surface area contributed by atoms with Crippen LogP contribution in [0.15, 0.2) is 66.0 Å². The third-order valence-electron chi connectivity index (χ3n) is 5.63. The molecule has 2 aromatic heterocycles. The van der Waals surface area contributed by atoms with Crippen LogP contribution in [0.2, 0.25) is 0 Å². The van der Waals surface area contributed by atoms with Crippen molar-refractivity contribution >= 4 is 45.6 Å². The Kier molecular flexibility index (Phi) is 7.23. The quantitative estimate of drug-likeness (QED) is 0.377. The minimum Gasteiger partial charge on any atom is -0.489 e. The molecule has 1 amide bonds. The summed E-state index contributed by atoms with van der Waals surface area (Å²) < 4.78 is 14.9.